The Balaban J connectivity index is 1.70. The van der Waals surface area contributed by atoms with Gasteiger partial charge in [-0.25, -0.2) is 13.4 Å². The van der Waals surface area contributed by atoms with Crippen LogP contribution < -0.4 is 0 Å². The Labute approximate surface area is 123 Å². The molecule has 2 aliphatic rings. The molecule has 0 aliphatic carbocycles. The van der Waals surface area contributed by atoms with Crippen molar-refractivity contribution in [3.8, 4) is 0 Å². The average molecular weight is 306 g/mol. The first-order valence-electron chi connectivity index (χ1n) is 7.32. The van der Waals surface area contributed by atoms with Crippen LogP contribution in [0.15, 0.2) is 29.4 Å². The molecular weight excluding hydrogens is 288 g/mol. The lowest BCUT2D eigenvalue weighted by Crippen LogP contribution is -2.51. The van der Waals surface area contributed by atoms with Crippen molar-refractivity contribution in [2.45, 2.75) is 23.8 Å². The zero-order chi connectivity index (χ0) is 14.4. The number of rotatable bonds is 2. The van der Waals surface area contributed by atoms with E-state index in [9.17, 15) is 8.42 Å². The first-order chi connectivity index (χ1) is 10.2. The molecule has 21 heavy (non-hydrogen) atoms. The van der Waals surface area contributed by atoms with Crippen LogP contribution in [0.3, 0.4) is 0 Å². The first kappa shape index (κ1) is 13.2. The highest BCUT2D eigenvalue weighted by atomic mass is 32.2. The Morgan fingerprint density at radius 2 is 2.19 bits per heavy atom. The van der Waals surface area contributed by atoms with Gasteiger partial charge in [-0.2, -0.15) is 4.31 Å². The number of sulfonamides is 1. The second-order valence-electron chi connectivity index (χ2n) is 5.75. The quantitative estimate of drug-likeness (QED) is 0.900. The van der Waals surface area contributed by atoms with E-state index in [1.165, 1.54) is 6.42 Å². The third kappa shape index (κ3) is 2.07. The van der Waals surface area contributed by atoms with Crippen molar-refractivity contribution in [3.63, 3.8) is 0 Å². The second-order valence-corrected chi connectivity index (χ2v) is 7.65. The molecule has 112 valence electrons. The number of hydrogen-bond acceptors (Lipinski definition) is 4. The van der Waals surface area contributed by atoms with Gasteiger partial charge in [0.25, 0.3) is 0 Å². The van der Waals surface area contributed by atoms with Crippen LogP contribution in [0.1, 0.15) is 12.8 Å². The van der Waals surface area contributed by atoms with Crippen LogP contribution in [0.2, 0.25) is 0 Å². The van der Waals surface area contributed by atoms with Gasteiger partial charge < -0.3 is 4.98 Å². The molecule has 0 radical (unpaired) electrons. The minimum absolute atomic E-state index is 0.344. The SMILES string of the molecule is O=S(=O)(c1c[nH]c2ncccc12)N1CCN2CCC[C@@H]2C1. The summed E-state index contributed by atoms with van der Waals surface area (Å²) < 4.78 is 27.5. The van der Waals surface area contributed by atoms with Crippen LogP contribution in [0.4, 0.5) is 0 Å². The Kier molecular flexibility index (Phi) is 3.02. The van der Waals surface area contributed by atoms with E-state index in [1.54, 1.807) is 28.8 Å². The minimum Gasteiger partial charge on any atom is -0.345 e. The van der Waals surface area contributed by atoms with Gasteiger partial charge in [0.2, 0.25) is 10.0 Å². The van der Waals surface area contributed by atoms with E-state index in [2.05, 4.69) is 14.9 Å². The molecule has 2 saturated heterocycles. The maximum atomic E-state index is 12.9. The predicted molar refractivity (Wildman–Crippen MR) is 79.4 cm³/mol. The largest absolute Gasteiger partial charge is 0.345 e. The molecule has 1 N–H and O–H groups in total. The number of aromatic nitrogens is 2. The summed E-state index contributed by atoms with van der Waals surface area (Å²) in [6, 6.07) is 3.96. The molecule has 0 spiro atoms. The summed E-state index contributed by atoms with van der Waals surface area (Å²) in [5.74, 6) is 0. The fraction of sp³-hybridized carbons (Fsp3) is 0.500. The molecule has 2 aromatic heterocycles. The summed E-state index contributed by atoms with van der Waals surface area (Å²) in [6.45, 7) is 3.13. The van der Waals surface area contributed by atoms with Gasteiger partial charge in [0, 0.05) is 43.5 Å². The highest BCUT2D eigenvalue weighted by Crippen LogP contribution is 2.28. The molecule has 0 unspecified atom stereocenters. The summed E-state index contributed by atoms with van der Waals surface area (Å²) in [6.07, 6.45) is 5.50. The summed E-state index contributed by atoms with van der Waals surface area (Å²) in [7, 11) is -3.45. The maximum Gasteiger partial charge on any atom is 0.245 e. The van der Waals surface area contributed by atoms with E-state index in [0.29, 0.717) is 35.1 Å². The van der Waals surface area contributed by atoms with Crippen LogP contribution in [-0.4, -0.2) is 59.8 Å². The van der Waals surface area contributed by atoms with Crippen molar-refractivity contribution in [1.29, 1.82) is 0 Å². The molecule has 2 fully saturated rings. The molecule has 2 aliphatic heterocycles. The summed E-state index contributed by atoms with van der Waals surface area (Å²) in [5.41, 5.74) is 0.621. The van der Waals surface area contributed by atoms with Gasteiger partial charge in [0.05, 0.1) is 0 Å². The van der Waals surface area contributed by atoms with Crippen LogP contribution in [0.5, 0.6) is 0 Å². The molecule has 4 rings (SSSR count). The second kappa shape index (κ2) is 4.79. The van der Waals surface area contributed by atoms with Crippen molar-refractivity contribution >= 4 is 21.1 Å². The number of fused-ring (bicyclic) bond motifs is 2. The first-order valence-corrected chi connectivity index (χ1v) is 8.76. The predicted octanol–water partition coefficient (Wildman–Crippen LogP) is 1.03. The van der Waals surface area contributed by atoms with E-state index in [-0.39, 0.29) is 0 Å². The van der Waals surface area contributed by atoms with Gasteiger partial charge in [-0.15, -0.1) is 0 Å². The van der Waals surface area contributed by atoms with Crippen molar-refractivity contribution in [1.82, 2.24) is 19.2 Å². The monoisotopic (exact) mass is 306 g/mol. The number of hydrogen-bond donors (Lipinski definition) is 1. The van der Waals surface area contributed by atoms with Crippen LogP contribution in [0, 0.1) is 0 Å². The van der Waals surface area contributed by atoms with E-state index < -0.39 is 10.0 Å². The van der Waals surface area contributed by atoms with Crippen molar-refractivity contribution in [3.05, 3.63) is 24.5 Å². The lowest BCUT2D eigenvalue weighted by Gasteiger charge is -2.36. The fourth-order valence-corrected chi connectivity index (χ4v) is 5.08. The summed E-state index contributed by atoms with van der Waals surface area (Å²) >= 11 is 0. The zero-order valence-corrected chi connectivity index (χ0v) is 12.5. The lowest BCUT2D eigenvalue weighted by atomic mass is 10.2. The number of nitrogens with one attached hydrogen (secondary N) is 1. The van der Waals surface area contributed by atoms with Crippen LogP contribution in [-0.2, 0) is 10.0 Å². The van der Waals surface area contributed by atoms with E-state index >= 15 is 0 Å². The topological polar surface area (TPSA) is 69.3 Å². The molecule has 0 saturated carbocycles. The Morgan fingerprint density at radius 1 is 1.29 bits per heavy atom. The molecule has 0 bridgehead atoms. The van der Waals surface area contributed by atoms with E-state index in [1.807, 2.05) is 0 Å². The highest BCUT2D eigenvalue weighted by molar-refractivity contribution is 7.89. The van der Waals surface area contributed by atoms with E-state index in [4.69, 9.17) is 0 Å². The maximum absolute atomic E-state index is 12.9. The van der Waals surface area contributed by atoms with Gasteiger partial charge in [-0.05, 0) is 31.5 Å². The number of pyridine rings is 1. The summed E-state index contributed by atoms with van der Waals surface area (Å²) in [5, 5.41) is 0.673. The van der Waals surface area contributed by atoms with Gasteiger partial charge in [-0.1, -0.05) is 0 Å². The van der Waals surface area contributed by atoms with Gasteiger partial charge in [0.15, 0.2) is 0 Å². The van der Waals surface area contributed by atoms with Crippen LogP contribution >= 0.6 is 0 Å². The lowest BCUT2D eigenvalue weighted by molar-refractivity contribution is 0.158. The Hall–Kier alpha value is -1.44. The molecule has 7 heteroatoms. The zero-order valence-electron chi connectivity index (χ0n) is 11.7. The molecule has 4 heterocycles. The number of H-pyrrole nitrogens is 1. The average Bonchev–Trinajstić information content (AvgIpc) is 3.13. The van der Waals surface area contributed by atoms with Crippen molar-refractivity contribution in [2.24, 2.45) is 0 Å². The van der Waals surface area contributed by atoms with Crippen molar-refractivity contribution < 1.29 is 8.42 Å². The smallest absolute Gasteiger partial charge is 0.245 e. The third-order valence-electron chi connectivity index (χ3n) is 4.58. The fourth-order valence-electron chi connectivity index (χ4n) is 3.46. The molecule has 1 atom stereocenters. The Bertz CT molecular complexity index is 770. The summed E-state index contributed by atoms with van der Waals surface area (Å²) in [4.78, 5) is 9.87. The molecule has 6 nitrogen and oxygen atoms in total. The minimum atomic E-state index is -3.45. The molecule has 0 amide bonds. The normalized spacial score (nSPS) is 24.5. The van der Waals surface area contributed by atoms with E-state index in [0.717, 1.165) is 19.5 Å². The molecule has 0 aromatic carbocycles. The molecular formula is C14H18N4O2S. The van der Waals surface area contributed by atoms with Crippen LogP contribution in [0.25, 0.3) is 11.0 Å². The highest BCUT2D eigenvalue weighted by Gasteiger charge is 2.37. The van der Waals surface area contributed by atoms with Gasteiger partial charge in [0.1, 0.15) is 10.5 Å². The van der Waals surface area contributed by atoms with Gasteiger partial charge in [-0.3, -0.25) is 4.90 Å². The van der Waals surface area contributed by atoms with Gasteiger partial charge >= 0.3 is 0 Å². The number of piperazine rings is 1. The third-order valence-corrected chi connectivity index (χ3v) is 6.49. The Morgan fingerprint density at radius 3 is 3.10 bits per heavy atom. The number of aromatic amines is 1. The standard InChI is InChI=1S/C14H18N4O2S/c19-21(20,13-9-16-14-12(13)4-1-5-15-14)18-8-7-17-6-2-3-11(17)10-18/h1,4-5,9,11H,2-3,6-8,10H2,(H,15,16)/t11-/m1/s1. The van der Waals surface area contributed by atoms with Crippen molar-refractivity contribution in [2.75, 3.05) is 26.2 Å². The molecule has 2 aromatic rings. The number of nitrogens with zero attached hydrogens (tertiary/aromatic N) is 3.